The standard InChI is InChI=1S/C23H27N7O2S2/c1-15(2)32-20-10-21-26-19(16-4-8-28(9-5-16)14-34-33)13-29(21)12-17(20)23(31)27-18-11-25-30-7-3-6-24-22(18)30/h3,6-7,10-13,15-16,33H,4-5,8-9,14H2,1-2H3,(H,27,31). The lowest BCUT2D eigenvalue weighted by Gasteiger charge is -2.30. The van der Waals surface area contributed by atoms with Crippen molar-refractivity contribution in [1.82, 2.24) is 28.9 Å². The number of ether oxygens (including phenoxy) is 1. The number of piperidine rings is 1. The zero-order valence-electron chi connectivity index (χ0n) is 19.1. The van der Waals surface area contributed by atoms with E-state index in [4.69, 9.17) is 9.72 Å². The second-order valence-corrected chi connectivity index (χ2v) is 9.99. The Kier molecular flexibility index (Phi) is 6.66. The van der Waals surface area contributed by atoms with Gasteiger partial charge in [-0.2, -0.15) is 5.10 Å². The minimum absolute atomic E-state index is 0.0869. The molecule has 34 heavy (non-hydrogen) atoms. The van der Waals surface area contributed by atoms with Gasteiger partial charge in [0.25, 0.3) is 5.91 Å². The van der Waals surface area contributed by atoms with Gasteiger partial charge in [-0.15, -0.1) is 11.7 Å². The summed E-state index contributed by atoms with van der Waals surface area (Å²) in [4.78, 5) is 24.9. The maximum absolute atomic E-state index is 13.3. The average molecular weight is 498 g/mol. The number of nitrogens with one attached hydrogen (secondary N) is 1. The normalized spacial score (nSPS) is 15.4. The van der Waals surface area contributed by atoms with Gasteiger partial charge in [-0.1, -0.05) is 10.8 Å². The SMILES string of the molecule is CC(C)Oc1cc2nc(C3CCN(CSS)CC3)cn2cc1C(=O)Nc1cnn2cccnc12. The zero-order valence-corrected chi connectivity index (χ0v) is 20.8. The van der Waals surface area contributed by atoms with Gasteiger partial charge in [0.2, 0.25) is 0 Å². The number of aromatic nitrogens is 5. The van der Waals surface area contributed by atoms with Crippen LogP contribution in [0, 0.1) is 0 Å². The highest BCUT2D eigenvalue weighted by molar-refractivity contribution is 8.68. The fourth-order valence-electron chi connectivity index (χ4n) is 4.30. The molecule has 1 N–H and O–H groups in total. The number of imidazole rings is 1. The number of hydrogen-bond donors (Lipinski definition) is 2. The van der Waals surface area contributed by atoms with Crippen molar-refractivity contribution in [3.63, 3.8) is 0 Å². The van der Waals surface area contributed by atoms with Crippen LogP contribution in [-0.4, -0.2) is 59.9 Å². The number of amides is 1. The Morgan fingerprint density at radius 1 is 1.32 bits per heavy atom. The summed E-state index contributed by atoms with van der Waals surface area (Å²) in [7, 11) is 1.56. The quantitative estimate of drug-likeness (QED) is 0.293. The lowest BCUT2D eigenvalue weighted by Crippen LogP contribution is -2.32. The first kappa shape index (κ1) is 23.0. The van der Waals surface area contributed by atoms with E-state index in [1.165, 1.54) is 0 Å². The topological polar surface area (TPSA) is 89.1 Å². The molecular weight excluding hydrogens is 470 g/mol. The first-order chi connectivity index (χ1) is 16.5. The third-order valence-electron chi connectivity index (χ3n) is 5.95. The minimum Gasteiger partial charge on any atom is -0.490 e. The molecule has 5 rings (SSSR count). The van der Waals surface area contributed by atoms with E-state index in [0.717, 1.165) is 43.1 Å². The number of anilines is 1. The third kappa shape index (κ3) is 4.73. The number of likely N-dealkylation sites (tertiary alicyclic amines) is 1. The first-order valence-electron chi connectivity index (χ1n) is 11.3. The van der Waals surface area contributed by atoms with Gasteiger partial charge in [0, 0.05) is 36.8 Å². The summed E-state index contributed by atoms with van der Waals surface area (Å²) in [6, 6.07) is 3.63. The molecule has 4 aromatic rings. The Hall–Kier alpha value is -2.76. The van der Waals surface area contributed by atoms with Crippen molar-refractivity contribution in [2.75, 3.05) is 24.3 Å². The van der Waals surface area contributed by atoms with Gasteiger partial charge in [0.05, 0.1) is 29.4 Å². The molecule has 0 radical (unpaired) electrons. The Labute approximate surface area is 206 Å². The van der Waals surface area contributed by atoms with Crippen molar-refractivity contribution in [1.29, 1.82) is 0 Å². The second-order valence-electron chi connectivity index (χ2n) is 8.70. The van der Waals surface area contributed by atoms with Crippen LogP contribution in [0.3, 0.4) is 0 Å². The number of carbonyl (C=O) groups is 1. The van der Waals surface area contributed by atoms with Crippen LogP contribution in [-0.2, 0) is 0 Å². The predicted molar refractivity (Wildman–Crippen MR) is 137 cm³/mol. The number of nitrogens with zero attached hydrogens (tertiary/aromatic N) is 6. The fourth-order valence-corrected chi connectivity index (χ4v) is 5.21. The highest BCUT2D eigenvalue weighted by Gasteiger charge is 2.24. The van der Waals surface area contributed by atoms with Crippen LogP contribution in [0.25, 0.3) is 11.3 Å². The van der Waals surface area contributed by atoms with Crippen LogP contribution in [0.4, 0.5) is 5.69 Å². The molecule has 4 aromatic heterocycles. The summed E-state index contributed by atoms with van der Waals surface area (Å²) in [6.07, 6.45) is 10.9. The summed E-state index contributed by atoms with van der Waals surface area (Å²) in [5.74, 6) is 1.56. The van der Waals surface area contributed by atoms with E-state index in [2.05, 4.69) is 32.0 Å². The van der Waals surface area contributed by atoms with Gasteiger partial charge < -0.3 is 14.5 Å². The Morgan fingerprint density at radius 2 is 2.15 bits per heavy atom. The predicted octanol–water partition coefficient (Wildman–Crippen LogP) is 4.13. The van der Waals surface area contributed by atoms with Crippen molar-refractivity contribution < 1.29 is 9.53 Å². The molecule has 0 unspecified atom stereocenters. The summed E-state index contributed by atoms with van der Waals surface area (Å²) in [6.45, 7) is 5.95. The maximum Gasteiger partial charge on any atom is 0.261 e. The van der Waals surface area contributed by atoms with Crippen molar-refractivity contribution in [2.24, 2.45) is 0 Å². The highest BCUT2D eigenvalue weighted by Crippen LogP contribution is 2.31. The summed E-state index contributed by atoms with van der Waals surface area (Å²) >= 11 is 4.27. The molecule has 0 atom stereocenters. The highest BCUT2D eigenvalue weighted by atomic mass is 33.1. The van der Waals surface area contributed by atoms with Gasteiger partial charge in [-0.3, -0.25) is 9.69 Å². The van der Waals surface area contributed by atoms with Gasteiger partial charge in [-0.05, 0) is 45.8 Å². The van der Waals surface area contributed by atoms with Crippen LogP contribution < -0.4 is 10.1 Å². The minimum atomic E-state index is -0.286. The van der Waals surface area contributed by atoms with E-state index in [1.807, 2.05) is 30.5 Å². The summed E-state index contributed by atoms with van der Waals surface area (Å²) in [5, 5.41) is 7.18. The van der Waals surface area contributed by atoms with Crippen LogP contribution >= 0.6 is 22.5 Å². The van der Waals surface area contributed by atoms with Crippen molar-refractivity contribution in [3.8, 4) is 5.75 Å². The van der Waals surface area contributed by atoms with Crippen molar-refractivity contribution in [2.45, 2.75) is 38.7 Å². The van der Waals surface area contributed by atoms with E-state index in [-0.39, 0.29) is 12.0 Å². The monoisotopic (exact) mass is 497 g/mol. The van der Waals surface area contributed by atoms with Gasteiger partial charge >= 0.3 is 0 Å². The third-order valence-corrected chi connectivity index (χ3v) is 6.78. The molecule has 1 fully saturated rings. The van der Waals surface area contributed by atoms with E-state index < -0.39 is 0 Å². The molecule has 5 heterocycles. The molecule has 1 aliphatic heterocycles. The smallest absolute Gasteiger partial charge is 0.261 e. The number of carbonyl (C=O) groups excluding carboxylic acids is 1. The van der Waals surface area contributed by atoms with Crippen LogP contribution in [0.2, 0.25) is 0 Å². The molecule has 0 bridgehead atoms. The van der Waals surface area contributed by atoms with E-state index >= 15 is 0 Å². The fraction of sp³-hybridized carbons (Fsp3) is 0.391. The van der Waals surface area contributed by atoms with Crippen LogP contribution in [0.1, 0.15) is 48.7 Å². The maximum atomic E-state index is 13.3. The van der Waals surface area contributed by atoms with E-state index in [0.29, 0.717) is 28.6 Å². The van der Waals surface area contributed by atoms with E-state index in [1.54, 1.807) is 46.2 Å². The Bertz CT molecular complexity index is 1310. The molecule has 1 amide bonds. The molecule has 0 saturated carbocycles. The molecule has 178 valence electrons. The zero-order chi connectivity index (χ0) is 23.7. The van der Waals surface area contributed by atoms with Crippen LogP contribution in [0.5, 0.6) is 5.75 Å². The molecular formula is C23H27N7O2S2. The number of fused-ring (bicyclic) bond motifs is 2. The van der Waals surface area contributed by atoms with E-state index in [9.17, 15) is 4.79 Å². The number of rotatable bonds is 7. The van der Waals surface area contributed by atoms with Crippen molar-refractivity contribution >= 4 is 45.3 Å². The van der Waals surface area contributed by atoms with Crippen LogP contribution in [0.15, 0.2) is 43.1 Å². The molecule has 1 aliphatic rings. The molecule has 9 nitrogen and oxygen atoms in total. The average Bonchev–Trinajstić information content (AvgIpc) is 3.43. The molecule has 0 aliphatic carbocycles. The molecule has 11 heteroatoms. The summed E-state index contributed by atoms with van der Waals surface area (Å²) in [5.41, 5.74) is 3.38. The van der Waals surface area contributed by atoms with Gasteiger partial charge in [-0.25, -0.2) is 14.5 Å². The number of hydrogen-bond acceptors (Lipinski definition) is 8. The summed E-state index contributed by atoms with van der Waals surface area (Å²) < 4.78 is 9.55. The van der Waals surface area contributed by atoms with Gasteiger partial charge in [0.15, 0.2) is 5.65 Å². The molecule has 0 spiro atoms. The Morgan fingerprint density at radius 3 is 2.91 bits per heavy atom. The number of pyridine rings is 1. The molecule has 0 aromatic carbocycles. The van der Waals surface area contributed by atoms with Crippen molar-refractivity contribution in [3.05, 3.63) is 54.4 Å². The Balaban J connectivity index is 1.43. The molecule has 1 saturated heterocycles. The van der Waals surface area contributed by atoms with Gasteiger partial charge in [0.1, 0.15) is 17.1 Å². The lowest BCUT2D eigenvalue weighted by molar-refractivity contribution is 0.102. The lowest BCUT2D eigenvalue weighted by atomic mass is 9.94. The first-order valence-corrected chi connectivity index (χ1v) is 13.3. The number of thiol groups is 1. The second kappa shape index (κ2) is 9.85. The largest absolute Gasteiger partial charge is 0.490 e.